The van der Waals surface area contributed by atoms with Crippen molar-refractivity contribution in [3.63, 3.8) is 0 Å². The molecule has 23 heavy (non-hydrogen) atoms. The number of amides is 2. The van der Waals surface area contributed by atoms with Crippen molar-refractivity contribution < 1.29 is 9.90 Å². The van der Waals surface area contributed by atoms with E-state index in [-0.39, 0.29) is 12.1 Å². The molecule has 0 saturated heterocycles. The van der Waals surface area contributed by atoms with Gasteiger partial charge < -0.3 is 15.7 Å². The first kappa shape index (κ1) is 16.0. The molecular weight excluding hydrogens is 310 g/mol. The molecule has 0 radical (unpaired) electrons. The number of rotatable bonds is 4. The van der Waals surface area contributed by atoms with Gasteiger partial charge in [-0.3, -0.25) is 0 Å². The van der Waals surface area contributed by atoms with E-state index in [9.17, 15) is 9.90 Å². The molecule has 6 heteroatoms. The summed E-state index contributed by atoms with van der Waals surface area (Å²) < 4.78 is 0. The first-order chi connectivity index (χ1) is 11.0. The van der Waals surface area contributed by atoms with Crippen LogP contribution in [0.25, 0.3) is 0 Å². The minimum Gasteiger partial charge on any atom is -0.390 e. The van der Waals surface area contributed by atoms with Gasteiger partial charge in [0.25, 0.3) is 0 Å². The molecular formula is C17H21N3O2S. The van der Waals surface area contributed by atoms with Crippen LogP contribution >= 0.6 is 11.3 Å². The number of urea groups is 1. The summed E-state index contributed by atoms with van der Waals surface area (Å²) in [6.45, 7) is 4.59. The number of aliphatic hydroxyl groups is 1. The van der Waals surface area contributed by atoms with Gasteiger partial charge in [0.2, 0.25) is 0 Å². The van der Waals surface area contributed by atoms with Gasteiger partial charge in [-0.05, 0) is 11.1 Å². The van der Waals surface area contributed by atoms with Crippen LogP contribution in [0.2, 0.25) is 0 Å². The fraction of sp³-hybridized carbons (Fsp3) is 0.412. The van der Waals surface area contributed by atoms with Crippen molar-refractivity contribution in [2.24, 2.45) is 0 Å². The Balaban J connectivity index is 1.57. The van der Waals surface area contributed by atoms with Gasteiger partial charge in [-0.1, -0.05) is 38.1 Å². The second-order valence-electron chi connectivity index (χ2n) is 6.11. The van der Waals surface area contributed by atoms with Crippen LogP contribution in [-0.4, -0.2) is 22.2 Å². The highest BCUT2D eigenvalue weighted by Crippen LogP contribution is 2.31. The Hall–Kier alpha value is -1.92. The first-order valence-electron chi connectivity index (χ1n) is 7.79. The Morgan fingerprint density at radius 3 is 2.96 bits per heavy atom. The Bertz CT molecular complexity index is 699. The molecule has 1 aromatic carbocycles. The van der Waals surface area contributed by atoms with Crippen molar-refractivity contribution in [3.8, 4) is 0 Å². The van der Waals surface area contributed by atoms with Crippen molar-refractivity contribution >= 4 is 17.4 Å². The fourth-order valence-electron chi connectivity index (χ4n) is 2.78. The number of benzene rings is 1. The van der Waals surface area contributed by atoms with Crippen LogP contribution in [0.15, 0.2) is 29.6 Å². The van der Waals surface area contributed by atoms with E-state index in [0.717, 1.165) is 21.8 Å². The largest absolute Gasteiger partial charge is 0.390 e. The molecule has 3 N–H and O–H groups in total. The average Bonchev–Trinajstić information content (AvgIpc) is 3.11. The highest BCUT2D eigenvalue weighted by atomic mass is 32.1. The van der Waals surface area contributed by atoms with Gasteiger partial charge in [-0.25, -0.2) is 9.78 Å². The van der Waals surface area contributed by atoms with Crippen molar-refractivity contribution in [1.29, 1.82) is 0 Å². The molecule has 1 heterocycles. The van der Waals surface area contributed by atoms with Crippen LogP contribution in [-0.2, 0) is 13.0 Å². The number of fused-ring (bicyclic) bond motifs is 1. The number of nitrogens with one attached hydrogen (secondary N) is 2. The zero-order valence-electron chi connectivity index (χ0n) is 13.2. The van der Waals surface area contributed by atoms with Crippen molar-refractivity contribution in [2.75, 3.05) is 0 Å². The summed E-state index contributed by atoms with van der Waals surface area (Å²) in [6, 6.07) is 7.17. The summed E-state index contributed by atoms with van der Waals surface area (Å²) in [6.07, 6.45) is -0.00438. The maximum absolute atomic E-state index is 12.1. The van der Waals surface area contributed by atoms with Crippen LogP contribution < -0.4 is 10.6 Å². The van der Waals surface area contributed by atoms with E-state index in [1.54, 1.807) is 11.3 Å². The van der Waals surface area contributed by atoms with Crippen molar-refractivity contribution in [3.05, 3.63) is 51.5 Å². The van der Waals surface area contributed by atoms with Gasteiger partial charge in [0.15, 0.2) is 0 Å². The highest BCUT2D eigenvalue weighted by Gasteiger charge is 2.31. The lowest BCUT2D eigenvalue weighted by atomic mass is 10.1. The number of nitrogens with zero attached hydrogens (tertiary/aromatic N) is 1. The zero-order valence-corrected chi connectivity index (χ0v) is 14.1. The maximum Gasteiger partial charge on any atom is 0.315 e. The molecule has 0 unspecified atom stereocenters. The van der Waals surface area contributed by atoms with E-state index >= 15 is 0 Å². The lowest BCUT2D eigenvalue weighted by molar-refractivity contribution is 0.142. The molecule has 5 nitrogen and oxygen atoms in total. The Morgan fingerprint density at radius 2 is 2.22 bits per heavy atom. The molecule has 0 aliphatic heterocycles. The van der Waals surface area contributed by atoms with E-state index < -0.39 is 6.10 Å². The second-order valence-corrected chi connectivity index (χ2v) is 7.00. The summed E-state index contributed by atoms with van der Waals surface area (Å²) in [5.41, 5.74) is 2.94. The molecule has 1 aliphatic carbocycles. The number of thiazole rings is 1. The van der Waals surface area contributed by atoms with E-state index in [1.165, 1.54) is 0 Å². The molecule has 1 aromatic heterocycles. The van der Waals surface area contributed by atoms with Gasteiger partial charge in [0.05, 0.1) is 29.4 Å². The Kier molecular flexibility index (Phi) is 4.63. The third kappa shape index (κ3) is 3.54. The topological polar surface area (TPSA) is 74.2 Å². The number of carbonyl (C=O) groups excluding carboxylic acids is 1. The molecule has 0 spiro atoms. The van der Waals surface area contributed by atoms with Gasteiger partial charge in [0.1, 0.15) is 0 Å². The molecule has 3 rings (SSSR count). The van der Waals surface area contributed by atoms with Crippen molar-refractivity contribution in [2.45, 2.75) is 44.9 Å². The van der Waals surface area contributed by atoms with Crippen LogP contribution in [0, 0.1) is 0 Å². The quantitative estimate of drug-likeness (QED) is 0.806. The van der Waals surface area contributed by atoms with E-state index in [0.29, 0.717) is 18.9 Å². The number of hydrogen-bond acceptors (Lipinski definition) is 4. The van der Waals surface area contributed by atoms with Crippen LogP contribution in [0.1, 0.15) is 47.6 Å². The van der Waals surface area contributed by atoms with Crippen LogP contribution in [0.3, 0.4) is 0 Å². The lowest BCUT2D eigenvalue weighted by Crippen LogP contribution is -2.40. The second kappa shape index (κ2) is 6.68. The SMILES string of the molecule is CC(C)c1nc(CNC(=O)N[C@@H]2c3ccccc3C[C@@H]2O)cs1. The van der Waals surface area contributed by atoms with Gasteiger partial charge in [0, 0.05) is 17.7 Å². The molecule has 2 atom stereocenters. The summed E-state index contributed by atoms with van der Waals surface area (Å²) in [7, 11) is 0. The van der Waals surface area contributed by atoms with Crippen LogP contribution in [0.4, 0.5) is 4.79 Å². The highest BCUT2D eigenvalue weighted by molar-refractivity contribution is 7.09. The lowest BCUT2D eigenvalue weighted by Gasteiger charge is -2.18. The molecule has 122 valence electrons. The normalized spacial score (nSPS) is 19.7. The Morgan fingerprint density at radius 1 is 1.43 bits per heavy atom. The molecule has 2 amide bonds. The number of aliphatic hydroxyl groups excluding tert-OH is 1. The number of aromatic nitrogens is 1. The summed E-state index contributed by atoms with van der Waals surface area (Å²) >= 11 is 1.61. The number of carbonyl (C=O) groups is 1. The summed E-state index contributed by atoms with van der Waals surface area (Å²) in [4.78, 5) is 16.6. The number of hydrogen-bond donors (Lipinski definition) is 3. The molecule has 1 aliphatic rings. The van der Waals surface area contributed by atoms with Gasteiger partial charge in [-0.2, -0.15) is 0 Å². The van der Waals surface area contributed by atoms with Gasteiger partial charge in [-0.15, -0.1) is 11.3 Å². The van der Waals surface area contributed by atoms with Crippen LogP contribution in [0.5, 0.6) is 0 Å². The van der Waals surface area contributed by atoms with E-state index in [1.807, 2.05) is 29.6 Å². The minimum atomic E-state index is -0.579. The van der Waals surface area contributed by atoms with Crippen molar-refractivity contribution in [1.82, 2.24) is 15.6 Å². The predicted molar refractivity (Wildman–Crippen MR) is 90.5 cm³/mol. The summed E-state index contributed by atoms with van der Waals surface area (Å²) in [5.74, 6) is 0.396. The third-order valence-corrected chi connectivity index (χ3v) is 5.18. The standard InChI is InChI=1S/C17H21N3O2S/c1-10(2)16-19-12(9-23-16)8-18-17(22)20-15-13-6-4-3-5-11(13)7-14(15)21/h3-6,9-10,14-15,21H,7-8H2,1-2H3,(H2,18,20,22)/t14-,15+/m0/s1. The minimum absolute atomic E-state index is 0.287. The fourth-order valence-corrected chi connectivity index (χ4v) is 3.61. The maximum atomic E-state index is 12.1. The first-order valence-corrected chi connectivity index (χ1v) is 8.67. The average molecular weight is 331 g/mol. The smallest absolute Gasteiger partial charge is 0.315 e. The van der Waals surface area contributed by atoms with Gasteiger partial charge >= 0.3 is 6.03 Å². The predicted octanol–water partition coefficient (Wildman–Crippen LogP) is 2.72. The molecule has 2 aromatic rings. The zero-order chi connectivity index (χ0) is 16.4. The summed E-state index contributed by atoms with van der Waals surface area (Å²) in [5, 5.41) is 18.9. The van der Waals surface area contributed by atoms with E-state index in [2.05, 4.69) is 29.5 Å². The monoisotopic (exact) mass is 331 g/mol. The molecule has 0 bridgehead atoms. The molecule has 0 saturated carbocycles. The van der Waals surface area contributed by atoms with E-state index in [4.69, 9.17) is 0 Å². The Labute approximate surface area is 139 Å². The third-order valence-electron chi connectivity index (χ3n) is 3.98. The molecule has 0 fully saturated rings.